The smallest absolute Gasteiger partial charge is 0.263 e. The van der Waals surface area contributed by atoms with Crippen molar-refractivity contribution in [2.24, 2.45) is 17.5 Å². The van der Waals surface area contributed by atoms with Crippen LogP contribution in [0.1, 0.15) is 31.8 Å². The van der Waals surface area contributed by atoms with Gasteiger partial charge in [-0.15, -0.1) is 10.2 Å². The van der Waals surface area contributed by atoms with Crippen LogP contribution in [0.25, 0.3) is 0 Å². The van der Waals surface area contributed by atoms with E-state index >= 15 is 0 Å². The number of aromatic nitrogens is 2. The molecule has 0 saturated carbocycles. The second-order valence-corrected chi connectivity index (χ2v) is 9.60. The Hall–Kier alpha value is -3.51. The fourth-order valence-corrected chi connectivity index (χ4v) is 4.31. The molecule has 2 fully saturated rings. The molecule has 0 spiro atoms. The number of carbonyl (C=O) groups is 1. The monoisotopic (exact) mass is 516 g/mol. The van der Waals surface area contributed by atoms with Crippen molar-refractivity contribution in [3.05, 3.63) is 53.4 Å². The molecule has 4 rings (SSSR count). The molecule has 2 saturated heterocycles. The van der Waals surface area contributed by atoms with Gasteiger partial charge < -0.3 is 25.6 Å². The summed E-state index contributed by atoms with van der Waals surface area (Å²) in [5.41, 5.74) is 7.25. The molecule has 1 aromatic heterocycles. The fraction of sp³-hybridized carbons (Fsp3) is 0.480. The number of alkyl halides is 2. The molecule has 0 bridgehead atoms. The molecule has 0 radical (unpaired) electrons. The van der Waals surface area contributed by atoms with Crippen molar-refractivity contribution in [3.63, 3.8) is 0 Å². The van der Waals surface area contributed by atoms with E-state index < -0.39 is 6.43 Å². The van der Waals surface area contributed by atoms with Crippen molar-refractivity contribution in [3.8, 4) is 5.88 Å². The van der Waals surface area contributed by atoms with E-state index in [1.165, 1.54) is 29.3 Å². The van der Waals surface area contributed by atoms with Crippen molar-refractivity contribution in [2.75, 3.05) is 49.7 Å². The molecule has 2 aliphatic heterocycles. The SMILES string of the molecule is C/C(N)=C(\COc1ccc(N2CC(C(=O)NC3CCN(C)CC3)C2)nn1)N(N)c1ccc(C(F)F)cc1. The molecule has 12 heteroatoms. The number of benzene rings is 1. The van der Waals surface area contributed by atoms with Gasteiger partial charge in [0.2, 0.25) is 11.8 Å². The van der Waals surface area contributed by atoms with Crippen molar-refractivity contribution >= 4 is 17.4 Å². The third-order valence-electron chi connectivity index (χ3n) is 6.79. The third-order valence-corrected chi connectivity index (χ3v) is 6.79. The molecule has 2 aliphatic rings. The van der Waals surface area contributed by atoms with Gasteiger partial charge >= 0.3 is 0 Å². The molecule has 0 unspecified atom stereocenters. The van der Waals surface area contributed by atoms with Crippen LogP contribution < -0.4 is 31.5 Å². The molecular formula is C25H34F2N8O2. The van der Waals surface area contributed by atoms with Crippen LogP contribution in [0.3, 0.4) is 0 Å². The number of hydrogen-bond acceptors (Lipinski definition) is 9. The maximum absolute atomic E-state index is 12.8. The number of nitrogens with two attached hydrogens (primary N) is 2. The first kappa shape index (κ1) is 26.6. The van der Waals surface area contributed by atoms with E-state index in [0.29, 0.717) is 36.0 Å². The zero-order chi connectivity index (χ0) is 26.5. The number of rotatable bonds is 9. The average molecular weight is 517 g/mol. The summed E-state index contributed by atoms with van der Waals surface area (Å²) in [6, 6.07) is 9.35. The zero-order valence-corrected chi connectivity index (χ0v) is 21.1. The van der Waals surface area contributed by atoms with E-state index in [4.69, 9.17) is 16.3 Å². The van der Waals surface area contributed by atoms with Crippen LogP contribution in [0, 0.1) is 5.92 Å². The molecule has 2 aromatic rings. The van der Waals surface area contributed by atoms with Gasteiger partial charge in [-0.25, -0.2) is 14.6 Å². The second kappa shape index (κ2) is 11.7. The predicted molar refractivity (Wildman–Crippen MR) is 137 cm³/mol. The van der Waals surface area contributed by atoms with E-state index in [1.807, 2.05) is 4.90 Å². The molecule has 1 aromatic carbocycles. The Labute approximate surface area is 215 Å². The molecule has 5 N–H and O–H groups in total. The lowest BCUT2D eigenvalue weighted by Gasteiger charge is -2.40. The number of anilines is 2. The average Bonchev–Trinajstić information content (AvgIpc) is 2.85. The maximum atomic E-state index is 12.8. The van der Waals surface area contributed by atoms with Gasteiger partial charge in [-0.05, 0) is 58.1 Å². The summed E-state index contributed by atoms with van der Waals surface area (Å²) in [6.07, 6.45) is -0.585. The number of carbonyl (C=O) groups excluding carboxylic acids is 1. The number of ether oxygens (including phenoxy) is 1. The van der Waals surface area contributed by atoms with Crippen LogP contribution in [0.15, 0.2) is 47.8 Å². The number of piperidine rings is 1. The highest BCUT2D eigenvalue weighted by molar-refractivity contribution is 5.82. The van der Waals surface area contributed by atoms with E-state index in [-0.39, 0.29) is 35.9 Å². The van der Waals surface area contributed by atoms with Gasteiger partial charge in [-0.3, -0.25) is 9.80 Å². The lowest BCUT2D eigenvalue weighted by molar-refractivity contribution is -0.126. The summed E-state index contributed by atoms with van der Waals surface area (Å²) in [4.78, 5) is 16.8. The third kappa shape index (κ3) is 6.63. The normalized spacial score (nSPS) is 17.8. The summed E-state index contributed by atoms with van der Waals surface area (Å²) in [6.45, 7) is 4.88. The Morgan fingerprint density at radius 2 is 1.84 bits per heavy atom. The Bertz CT molecular complexity index is 1080. The maximum Gasteiger partial charge on any atom is 0.263 e. The fourth-order valence-electron chi connectivity index (χ4n) is 4.31. The zero-order valence-electron chi connectivity index (χ0n) is 21.1. The number of amides is 1. The van der Waals surface area contributed by atoms with Crippen LogP contribution >= 0.6 is 0 Å². The van der Waals surface area contributed by atoms with Gasteiger partial charge in [0, 0.05) is 36.5 Å². The van der Waals surface area contributed by atoms with E-state index in [2.05, 4.69) is 27.5 Å². The quantitative estimate of drug-likeness (QED) is 0.339. The Balaban J connectivity index is 1.26. The number of halogens is 2. The molecule has 10 nitrogen and oxygen atoms in total. The van der Waals surface area contributed by atoms with Crippen LogP contribution in [0.4, 0.5) is 20.3 Å². The lowest BCUT2D eigenvalue weighted by Crippen LogP contribution is -2.56. The number of nitrogens with zero attached hydrogens (tertiary/aromatic N) is 5. The summed E-state index contributed by atoms with van der Waals surface area (Å²) in [5, 5.41) is 12.8. The number of hydrazine groups is 1. The highest BCUT2D eigenvalue weighted by Gasteiger charge is 2.35. The van der Waals surface area contributed by atoms with Gasteiger partial charge in [-0.2, -0.15) is 0 Å². The molecule has 0 atom stereocenters. The van der Waals surface area contributed by atoms with Gasteiger partial charge in [0.15, 0.2) is 5.82 Å². The summed E-state index contributed by atoms with van der Waals surface area (Å²) < 4.78 is 31.4. The Morgan fingerprint density at radius 3 is 2.41 bits per heavy atom. The van der Waals surface area contributed by atoms with Gasteiger partial charge in [0.1, 0.15) is 6.61 Å². The Morgan fingerprint density at radius 1 is 1.16 bits per heavy atom. The van der Waals surface area contributed by atoms with Crippen LogP contribution in [0.5, 0.6) is 5.88 Å². The van der Waals surface area contributed by atoms with Crippen molar-refractivity contribution in [2.45, 2.75) is 32.2 Å². The minimum absolute atomic E-state index is 0.00633. The highest BCUT2D eigenvalue weighted by atomic mass is 19.3. The first-order valence-corrected chi connectivity index (χ1v) is 12.3. The number of hydrogen-bond donors (Lipinski definition) is 3. The standard InChI is InChI=1S/C25H34F2N8O2/c1-16(28)21(35(29)20-5-3-17(4-6-20)24(26)27)15-37-23-8-7-22(31-32-23)34-13-18(14-34)25(36)30-19-9-11-33(2)12-10-19/h3-8,18-19,24H,9-15,28-29H2,1-2H3,(H,30,36)/b21-16-. The van der Waals surface area contributed by atoms with Crippen LogP contribution in [-0.4, -0.2) is 66.9 Å². The minimum Gasteiger partial charge on any atom is -0.470 e. The minimum atomic E-state index is -2.56. The molecule has 37 heavy (non-hydrogen) atoms. The Kier molecular flexibility index (Phi) is 8.39. The van der Waals surface area contributed by atoms with E-state index in [0.717, 1.165) is 25.9 Å². The van der Waals surface area contributed by atoms with Crippen molar-refractivity contribution < 1.29 is 18.3 Å². The number of likely N-dealkylation sites (tertiary alicyclic amines) is 1. The molecule has 3 heterocycles. The molecule has 1 amide bonds. The van der Waals surface area contributed by atoms with Gasteiger partial charge in [0.25, 0.3) is 6.43 Å². The van der Waals surface area contributed by atoms with Crippen molar-refractivity contribution in [1.29, 1.82) is 0 Å². The van der Waals surface area contributed by atoms with Crippen LogP contribution in [0.2, 0.25) is 0 Å². The second-order valence-electron chi connectivity index (χ2n) is 9.60. The molecule has 0 aliphatic carbocycles. The molecule has 200 valence electrons. The largest absolute Gasteiger partial charge is 0.470 e. The van der Waals surface area contributed by atoms with Gasteiger partial charge in [0.05, 0.1) is 17.3 Å². The predicted octanol–water partition coefficient (Wildman–Crippen LogP) is 2.01. The first-order valence-electron chi connectivity index (χ1n) is 12.3. The first-order chi connectivity index (χ1) is 17.7. The van der Waals surface area contributed by atoms with E-state index in [1.54, 1.807) is 19.1 Å². The van der Waals surface area contributed by atoms with E-state index in [9.17, 15) is 13.6 Å². The van der Waals surface area contributed by atoms with Crippen LogP contribution in [-0.2, 0) is 4.79 Å². The topological polar surface area (TPSA) is 126 Å². The number of nitrogens with one attached hydrogen (secondary N) is 1. The lowest BCUT2D eigenvalue weighted by atomic mass is 9.97. The highest BCUT2D eigenvalue weighted by Crippen LogP contribution is 2.25. The number of allylic oxidation sites excluding steroid dienone is 1. The van der Waals surface area contributed by atoms with Crippen molar-refractivity contribution in [1.82, 2.24) is 20.4 Å². The summed E-state index contributed by atoms with van der Waals surface area (Å²) in [5.74, 6) is 7.17. The summed E-state index contributed by atoms with van der Waals surface area (Å²) >= 11 is 0. The molecular weight excluding hydrogens is 482 g/mol. The van der Waals surface area contributed by atoms with Gasteiger partial charge in [-0.1, -0.05) is 12.1 Å². The summed E-state index contributed by atoms with van der Waals surface area (Å²) in [7, 11) is 2.10.